The Labute approximate surface area is 168 Å². The van der Waals surface area contributed by atoms with Gasteiger partial charge in [-0.15, -0.1) is 0 Å². The van der Waals surface area contributed by atoms with Crippen LogP contribution in [0, 0.1) is 5.82 Å². The lowest BCUT2D eigenvalue weighted by Gasteiger charge is -2.09. The number of hydrogen-bond donors (Lipinski definition) is 2. The molecule has 1 heterocycles. The maximum atomic E-state index is 13.2. The molecule has 1 aromatic heterocycles. The first-order valence-electron chi connectivity index (χ1n) is 7.74. The molecular weight excluding hydrogens is 412 g/mol. The van der Waals surface area contributed by atoms with Crippen molar-refractivity contribution in [3.8, 4) is 11.7 Å². The Kier molecular flexibility index (Phi) is 5.53. The second kappa shape index (κ2) is 7.87. The summed E-state index contributed by atoms with van der Waals surface area (Å²) in [5, 5.41) is 12.5. The highest BCUT2D eigenvalue weighted by atomic mass is 35.5. The number of carbonyl (C=O) groups is 2. The fourth-order valence-electron chi connectivity index (χ4n) is 2.50. The van der Waals surface area contributed by atoms with Crippen LogP contribution in [0.1, 0.15) is 20.8 Å². The monoisotopic (exact) mass is 423 g/mol. The van der Waals surface area contributed by atoms with Crippen LogP contribution >= 0.6 is 23.2 Å². The molecule has 2 N–H and O–H groups in total. The molecule has 0 saturated heterocycles. The number of anilines is 1. The molecule has 0 saturated carbocycles. The minimum Gasteiger partial charge on any atom is -0.476 e. The fraction of sp³-hybridized carbons (Fsp3) is 0.0556. The quantitative estimate of drug-likeness (QED) is 0.638. The molecule has 3 aromatic rings. The average molecular weight is 424 g/mol. The average Bonchev–Trinajstić information content (AvgIpc) is 3.00. The van der Waals surface area contributed by atoms with Crippen molar-refractivity contribution in [2.75, 3.05) is 12.4 Å². The molecule has 0 spiro atoms. The van der Waals surface area contributed by atoms with Gasteiger partial charge in [0.15, 0.2) is 11.5 Å². The number of amides is 1. The highest BCUT2D eigenvalue weighted by molar-refractivity contribution is 6.37. The van der Waals surface area contributed by atoms with Crippen molar-refractivity contribution in [1.29, 1.82) is 0 Å². The van der Waals surface area contributed by atoms with Crippen molar-refractivity contribution < 1.29 is 23.8 Å². The van der Waals surface area contributed by atoms with E-state index in [1.54, 1.807) is 0 Å². The molecule has 0 fully saturated rings. The molecule has 0 atom stereocenters. The Hall–Kier alpha value is -3.10. The van der Waals surface area contributed by atoms with E-state index in [4.69, 9.17) is 27.9 Å². The fourth-order valence-corrected chi connectivity index (χ4v) is 2.99. The molecule has 0 aliphatic carbocycles. The zero-order valence-corrected chi connectivity index (χ0v) is 15.8. The molecule has 3 rings (SSSR count). The van der Waals surface area contributed by atoms with Gasteiger partial charge >= 0.3 is 12.0 Å². The number of nitrogens with zero attached hydrogens (tertiary/aromatic N) is 2. The number of carboxylic acids is 1. The van der Waals surface area contributed by atoms with Gasteiger partial charge in [-0.05, 0) is 42.5 Å². The number of imidazole rings is 1. The Morgan fingerprint density at radius 2 is 1.86 bits per heavy atom. The van der Waals surface area contributed by atoms with E-state index in [2.05, 4.69) is 10.3 Å². The third kappa shape index (κ3) is 3.78. The van der Waals surface area contributed by atoms with Crippen molar-refractivity contribution in [3.63, 3.8) is 0 Å². The lowest BCUT2D eigenvalue weighted by Crippen LogP contribution is -2.16. The Balaban J connectivity index is 2.07. The summed E-state index contributed by atoms with van der Waals surface area (Å²) < 4.78 is 19.5. The number of nitrogens with one attached hydrogen (secondary N) is 1. The van der Waals surface area contributed by atoms with Crippen molar-refractivity contribution in [2.45, 2.75) is 0 Å². The summed E-state index contributed by atoms with van der Waals surface area (Å²) in [5.74, 6) is -2.82. The SMILES string of the molecule is COc1nc(NC(=O)c2ccc(Cl)cc2Cl)c(C(=O)O)n1-c1ccc(F)cc1. The lowest BCUT2D eigenvalue weighted by molar-refractivity contribution is 0.0688. The zero-order valence-electron chi connectivity index (χ0n) is 14.2. The highest BCUT2D eigenvalue weighted by Crippen LogP contribution is 2.29. The second-order valence-electron chi connectivity index (χ2n) is 5.49. The van der Waals surface area contributed by atoms with Crippen molar-refractivity contribution >= 4 is 40.9 Å². The predicted molar refractivity (Wildman–Crippen MR) is 101 cm³/mol. The van der Waals surface area contributed by atoms with E-state index in [1.165, 1.54) is 37.4 Å². The Morgan fingerprint density at radius 3 is 2.43 bits per heavy atom. The minimum absolute atomic E-state index is 0.0812. The summed E-state index contributed by atoms with van der Waals surface area (Å²) in [4.78, 5) is 28.4. The maximum absolute atomic E-state index is 13.2. The summed E-state index contributed by atoms with van der Waals surface area (Å²) in [5.41, 5.74) is -0.00669. The smallest absolute Gasteiger partial charge is 0.356 e. The van der Waals surface area contributed by atoms with Gasteiger partial charge in [0, 0.05) is 5.02 Å². The van der Waals surface area contributed by atoms with Crippen molar-refractivity contribution in [3.05, 3.63) is 69.6 Å². The molecule has 1 amide bonds. The van der Waals surface area contributed by atoms with Crippen LogP contribution in [0.3, 0.4) is 0 Å². The van der Waals surface area contributed by atoms with Gasteiger partial charge in [0.25, 0.3) is 5.91 Å². The molecular formula is C18H12Cl2FN3O4. The van der Waals surface area contributed by atoms with Crippen LogP contribution in [0.4, 0.5) is 10.2 Å². The van der Waals surface area contributed by atoms with E-state index >= 15 is 0 Å². The molecule has 144 valence electrons. The summed E-state index contributed by atoms with van der Waals surface area (Å²) in [6.07, 6.45) is 0. The lowest BCUT2D eigenvalue weighted by atomic mass is 10.2. The van der Waals surface area contributed by atoms with Crippen LogP contribution in [0.5, 0.6) is 6.01 Å². The maximum Gasteiger partial charge on any atom is 0.356 e. The van der Waals surface area contributed by atoms with Crippen molar-refractivity contribution in [2.24, 2.45) is 0 Å². The minimum atomic E-state index is -1.38. The van der Waals surface area contributed by atoms with E-state index in [9.17, 15) is 19.1 Å². The predicted octanol–water partition coefficient (Wildman–Crippen LogP) is 4.28. The molecule has 0 aliphatic rings. The molecule has 2 aromatic carbocycles. The number of halogens is 3. The van der Waals surface area contributed by atoms with E-state index in [1.807, 2.05) is 0 Å². The van der Waals surface area contributed by atoms with Crippen LogP contribution < -0.4 is 10.1 Å². The van der Waals surface area contributed by atoms with Crippen molar-refractivity contribution in [1.82, 2.24) is 9.55 Å². The number of aromatic carboxylic acids is 1. The van der Waals surface area contributed by atoms with Gasteiger partial charge in [-0.3, -0.25) is 9.36 Å². The number of ether oxygens (including phenoxy) is 1. The van der Waals surface area contributed by atoms with Gasteiger partial charge in [0.1, 0.15) is 5.82 Å². The van der Waals surface area contributed by atoms with Gasteiger partial charge in [-0.25, -0.2) is 9.18 Å². The molecule has 0 unspecified atom stereocenters. The Bertz CT molecular complexity index is 1070. The molecule has 7 nitrogen and oxygen atoms in total. The summed E-state index contributed by atoms with van der Waals surface area (Å²) in [6, 6.07) is 9.17. The molecule has 0 bridgehead atoms. The molecule has 0 radical (unpaired) electrons. The summed E-state index contributed by atoms with van der Waals surface area (Å²) in [6.45, 7) is 0. The van der Waals surface area contributed by atoms with Crippen LogP contribution in [0.2, 0.25) is 10.0 Å². The standard InChI is InChI=1S/C18H12Cl2FN3O4/c1-28-18-23-15(22-16(25)12-7-2-9(19)8-13(12)20)14(17(26)27)24(18)11-5-3-10(21)4-6-11/h2-8H,1H3,(H,22,25)(H,26,27). The van der Waals surface area contributed by atoms with Gasteiger partial charge < -0.3 is 15.2 Å². The number of carbonyl (C=O) groups excluding carboxylic acids is 1. The van der Waals surface area contributed by atoms with Gasteiger partial charge in [0.05, 0.1) is 23.4 Å². The van der Waals surface area contributed by atoms with Crippen LogP contribution in [0.15, 0.2) is 42.5 Å². The molecule has 28 heavy (non-hydrogen) atoms. The zero-order chi connectivity index (χ0) is 20.4. The van der Waals surface area contributed by atoms with Gasteiger partial charge in [-0.1, -0.05) is 23.2 Å². The first-order chi connectivity index (χ1) is 13.3. The number of aromatic nitrogens is 2. The molecule has 10 heteroatoms. The van der Waals surface area contributed by atoms with Crippen LogP contribution in [-0.2, 0) is 0 Å². The first-order valence-corrected chi connectivity index (χ1v) is 8.49. The number of rotatable bonds is 5. The van der Waals surface area contributed by atoms with E-state index in [0.717, 1.165) is 16.7 Å². The second-order valence-corrected chi connectivity index (χ2v) is 6.33. The van der Waals surface area contributed by atoms with Gasteiger partial charge in [0.2, 0.25) is 0 Å². The topological polar surface area (TPSA) is 93.4 Å². The Morgan fingerprint density at radius 1 is 1.18 bits per heavy atom. The highest BCUT2D eigenvalue weighted by Gasteiger charge is 2.26. The van der Waals surface area contributed by atoms with Crippen LogP contribution in [-0.4, -0.2) is 33.6 Å². The normalized spacial score (nSPS) is 10.6. The first kappa shape index (κ1) is 19.7. The molecule has 0 aliphatic heterocycles. The summed E-state index contributed by atoms with van der Waals surface area (Å²) in [7, 11) is 1.29. The number of carboxylic acid groups (broad SMARTS) is 1. The number of benzene rings is 2. The third-order valence-electron chi connectivity index (χ3n) is 3.72. The third-order valence-corrected chi connectivity index (χ3v) is 4.27. The largest absolute Gasteiger partial charge is 0.476 e. The van der Waals surface area contributed by atoms with E-state index in [-0.39, 0.29) is 33.8 Å². The van der Waals surface area contributed by atoms with E-state index in [0.29, 0.717) is 5.02 Å². The van der Waals surface area contributed by atoms with Gasteiger partial charge in [-0.2, -0.15) is 4.98 Å². The van der Waals surface area contributed by atoms with E-state index < -0.39 is 17.7 Å². The summed E-state index contributed by atoms with van der Waals surface area (Å²) >= 11 is 11.8. The number of hydrogen-bond acceptors (Lipinski definition) is 4. The number of methoxy groups -OCH3 is 1. The van der Waals surface area contributed by atoms with Crippen LogP contribution in [0.25, 0.3) is 5.69 Å².